The van der Waals surface area contributed by atoms with Gasteiger partial charge in [0.2, 0.25) is 0 Å². The molecule has 0 heterocycles. The molecule has 0 radical (unpaired) electrons. The minimum absolute atomic E-state index is 0.255. The Kier molecular flexibility index (Phi) is 10.8. The van der Waals surface area contributed by atoms with Crippen molar-refractivity contribution in [2.75, 3.05) is 26.0 Å². The number of methoxy groups -OCH3 is 1. The molecule has 0 spiro atoms. The molecular formula is C31H38N2O4S. The molecule has 0 bridgehead atoms. The van der Waals surface area contributed by atoms with Crippen molar-refractivity contribution in [1.82, 2.24) is 10.6 Å². The molecule has 0 saturated carbocycles. The molecule has 0 unspecified atom stereocenters. The number of thioether (sulfide) groups is 1. The number of esters is 1. The van der Waals surface area contributed by atoms with Gasteiger partial charge in [0.1, 0.15) is 5.60 Å². The maximum absolute atomic E-state index is 12.7. The van der Waals surface area contributed by atoms with E-state index in [9.17, 15) is 9.59 Å². The van der Waals surface area contributed by atoms with Crippen LogP contribution in [0.4, 0.5) is 4.79 Å². The van der Waals surface area contributed by atoms with Gasteiger partial charge in [0.15, 0.2) is 0 Å². The van der Waals surface area contributed by atoms with Gasteiger partial charge in [-0.05, 0) is 37.5 Å². The van der Waals surface area contributed by atoms with Gasteiger partial charge < -0.3 is 20.1 Å². The lowest BCUT2D eigenvalue weighted by atomic mass is 9.84. The lowest BCUT2D eigenvalue weighted by Gasteiger charge is -2.37. The number of amides is 1. The molecule has 3 aromatic carbocycles. The van der Waals surface area contributed by atoms with Gasteiger partial charge in [-0.15, -0.1) is 11.8 Å². The summed E-state index contributed by atoms with van der Waals surface area (Å²) in [6.45, 7) is 6.45. The van der Waals surface area contributed by atoms with Crippen LogP contribution >= 0.6 is 11.8 Å². The molecule has 1 amide bonds. The first-order chi connectivity index (χ1) is 18.2. The van der Waals surface area contributed by atoms with E-state index in [0.717, 1.165) is 16.7 Å². The van der Waals surface area contributed by atoms with Crippen LogP contribution < -0.4 is 10.6 Å². The van der Waals surface area contributed by atoms with E-state index in [0.29, 0.717) is 18.8 Å². The van der Waals surface area contributed by atoms with E-state index >= 15 is 0 Å². The minimum Gasteiger partial charge on any atom is -0.469 e. The van der Waals surface area contributed by atoms with Crippen molar-refractivity contribution in [1.29, 1.82) is 0 Å². The molecule has 0 saturated heterocycles. The summed E-state index contributed by atoms with van der Waals surface area (Å²) in [5, 5.41) is 6.33. The van der Waals surface area contributed by atoms with Crippen molar-refractivity contribution < 1.29 is 19.1 Å². The van der Waals surface area contributed by atoms with Crippen LogP contribution in [-0.4, -0.2) is 49.7 Å². The summed E-state index contributed by atoms with van der Waals surface area (Å²) in [6.07, 6.45) is -0.215. The molecule has 0 aliphatic heterocycles. The fraction of sp³-hybridized carbons (Fsp3) is 0.355. The van der Waals surface area contributed by atoms with Crippen molar-refractivity contribution in [3.05, 3.63) is 108 Å². The summed E-state index contributed by atoms with van der Waals surface area (Å²) < 4.78 is 9.79. The highest BCUT2D eigenvalue weighted by atomic mass is 32.2. The van der Waals surface area contributed by atoms with Gasteiger partial charge >= 0.3 is 12.1 Å². The average Bonchev–Trinajstić information content (AvgIpc) is 2.91. The van der Waals surface area contributed by atoms with Crippen molar-refractivity contribution in [3.63, 3.8) is 0 Å². The molecule has 1 atom stereocenters. The highest BCUT2D eigenvalue weighted by molar-refractivity contribution is 8.00. The lowest BCUT2D eigenvalue weighted by Crippen LogP contribution is -2.46. The lowest BCUT2D eigenvalue weighted by molar-refractivity contribution is -0.140. The van der Waals surface area contributed by atoms with Crippen LogP contribution in [0.25, 0.3) is 0 Å². The Morgan fingerprint density at radius 1 is 0.816 bits per heavy atom. The van der Waals surface area contributed by atoms with Gasteiger partial charge in [0.05, 0.1) is 24.3 Å². The standard InChI is InChI=1S/C31H38N2O4S/c1-30(2,3)37-29(35)33-27(22-32-21-20-28(34)36-4)23-38-31(24-14-8-5-9-15-24,25-16-10-6-11-17-25)26-18-12-7-13-19-26/h5-19,27,32H,20-23H2,1-4H3,(H,33,35)/t27-/m1/s1. The molecule has 0 aromatic heterocycles. The monoisotopic (exact) mass is 534 g/mol. The van der Waals surface area contributed by atoms with Crippen LogP contribution in [0.1, 0.15) is 43.9 Å². The zero-order chi connectivity index (χ0) is 27.4. The molecule has 6 nitrogen and oxygen atoms in total. The van der Waals surface area contributed by atoms with E-state index in [2.05, 4.69) is 83.4 Å². The summed E-state index contributed by atoms with van der Waals surface area (Å²) in [7, 11) is 1.38. The zero-order valence-corrected chi connectivity index (χ0v) is 23.4. The number of nitrogens with one attached hydrogen (secondary N) is 2. The fourth-order valence-electron chi connectivity index (χ4n) is 4.19. The Morgan fingerprint density at radius 2 is 1.29 bits per heavy atom. The van der Waals surface area contributed by atoms with E-state index in [4.69, 9.17) is 9.47 Å². The van der Waals surface area contributed by atoms with Crippen molar-refractivity contribution in [2.45, 2.75) is 43.6 Å². The number of rotatable bonds is 12. The van der Waals surface area contributed by atoms with Gasteiger partial charge in [-0.1, -0.05) is 91.0 Å². The third-order valence-corrected chi connectivity index (χ3v) is 7.60. The number of carbonyl (C=O) groups excluding carboxylic acids is 2. The number of alkyl carbamates (subject to hydrolysis) is 1. The average molecular weight is 535 g/mol. The van der Waals surface area contributed by atoms with Gasteiger partial charge in [-0.3, -0.25) is 4.79 Å². The number of carbonyl (C=O) groups is 2. The first-order valence-corrected chi connectivity index (χ1v) is 13.8. The summed E-state index contributed by atoms with van der Waals surface area (Å²) in [5.41, 5.74) is 2.84. The second-order valence-electron chi connectivity index (χ2n) is 9.96. The maximum Gasteiger partial charge on any atom is 0.407 e. The zero-order valence-electron chi connectivity index (χ0n) is 22.6. The molecule has 0 fully saturated rings. The summed E-state index contributed by atoms with van der Waals surface area (Å²) >= 11 is 1.76. The number of hydrogen-bond acceptors (Lipinski definition) is 6. The number of hydrogen-bond donors (Lipinski definition) is 2. The van der Waals surface area contributed by atoms with Crippen molar-refractivity contribution in [3.8, 4) is 0 Å². The highest BCUT2D eigenvalue weighted by Crippen LogP contribution is 2.48. The third kappa shape index (κ3) is 8.36. The molecule has 7 heteroatoms. The van der Waals surface area contributed by atoms with E-state index in [-0.39, 0.29) is 18.4 Å². The van der Waals surface area contributed by atoms with Gasteiger partial charge in [-0.2, -0.15) is 0 Å². The van der Waals surface area contributed by atoms with Crippen LogP contribution in [0.15, 0.2) is 91.0 Å². The third-order valence-electron chi connectivity index (χ3n) is 5.89. The first-order valence-electron chi connectivity index (χ1n) is 12.8. The van der Waals surface area contributed by atoms with Crippen LogP contribution in [0.5, 0.6) is 0 Å². The molecule has 3 aromatic rings. The molecular weight excluding hydrogens is 496 g/mol. The molecule has 2 N–H and O–H groups in total. The van der Waals surface area contributed by atoms with Crippen LogP contribution in [-0.2, 0) is 19.0 Å². The Bertz CT molecular complexity index is 1040. The molecule has 0 aliphatic carbocycles. The minimum atomic E-state index is -0.609. The van der Waals surface area contributed by atoms with Crippen LogP contribution in [0.2, 0.25) is 0 Å². The van der Waals surface area contributed by atoms with E-state index < -0.39 is 16.4 Å². The summed E-state index contributed by atoms with van der Waals surface area (Å²) in [4.78, 5) is 24.3. The second kappa shape index (κ2) is 14.0. The Hall–Kier alpha value is -3.29. The predicted octanol–water partition coefficient (Wildman–Crippen LogP) is 5.76. The molecule has 38 heavy (non-hydrogen) atoms. The van der Waals surface area contributed by atoms with Crippen molar-refractivity contribution >= 4 is 23.8 Å². The largest absolute Gasteiger partial charge is 0.469 e. The number of ether oxygens (including phenoxy) is 2. The summed E-state index contributed by atoms with van der Waals surface area (Å²) in [5.74, 6) is 0.308. The second-order valence-corrected chi connectivity index (χ2v) is 11.2. The van der Waals surface area contributed by atoms with Crippen LogP contribution in [0, 0.1) is 0 Å². The molecule has 202 valence electrons. The topological polar surface area (TPSA) is 76.7 Å². The smallest absolute Gasteiger partial charge is 0.407 e. The normalized spacial score (nSPS) is 12.4. The fourth-order valence-corrected chi connectivity index (χ4v) is 5.75. The first kappa shape index (κ1) is 29.3. The van der Waals surface area contributed by atoms with Gasteiger partial charge in [0, 0.05) is 18.8 Å². The van der Waals surface area contributed by atoms with E-state index in [1.54, 1.807) is 11.8 Å². The Balaban J connectivity index is 1.94. The van der Waals surface area contributed by atoms with Crippen molar-refractivity contribution in [2.24, 2.45) is 0 Å². The van der Waals surface area contributed by atoms with Crippen LogP contribution in [0.3, 0.4) is 0 Å². The molecule has 3 rings (SSSR count). The van der Waals surface area contributed by atoms with E-state index in [1.165, 1.54) is 7.11 Å². The predicted molar refractivity (Wildman–Crippen MR) is 154 cm³/mol. The Labute approximate surface area is 230 Å². The Morgan fingerprint density at radius 3 is 1.71 bits per heavy atom. The van der Waals surface area contributed by atoms with E-state index in [1.807, 2.05) is 39.0 Å². The van der Waals surface area contributed by atoms with Gasteiger partial charge in [0.25, 0.3) is 0 Å². The quantitative estimate of drug-likeness (QED) is 0.175. The maximum atomic E-state index is 12.7. The highest BCUT2D eigenvalue weighted by Gasteiger charge is 2.37. The number of benzene rings is 3. The van der Waals surface area contributed by atoms with Gasteiger partial charge in [-0.25, -0.2) is 4.79 Å². The SMILES string of the molecule is COC(=O)CCNC[C@H](CSC(c1ccccc1)(c1ccccc1)c1ccccc1)NC(=O)OC(C)(C)C. The molecule has 0 aliphatic rings. The summed E-state index contributed by atoms with van der Waals surface area (Å²) in [6, 6.07) is 31.0.